The fraction of sp³-hybridized carbons (Fsp3) is 0.600. The number of carbonyl (C=O) groups is 1. The molecule has 1 aromatic heterocycles. The molecule has 1 saturated heterocycles. The molecule has 1 amide bonds. The predicted molar refractivity (Wildman–Crippen MR) is 95.7 cm³/mol. The number of nitrogens with zero attached hydrogens (tertiary/aromatic N) is 2. The van der Waals surface area contributed by atoms with Crippen molar-refractivity contribution in [1.29, 1.82) is 0 Å². The van der Waals surface area contributed by atoms with Crippen LogP contribution >= 0.6 is 24.8 Å². The number of nitrogens with two attached hydrogens (primary N) is 1. The number of aromatic nitrogens is 1. The molecule has 1 aliphatic heterocycles. The van der Waals surface area contributed by atoms with Gasteiger partial charge in [-0.2, -0.15) is 0 Å². The zero-order valence-corrected chi connectivity index (χ0v) is 15.0. The van der Waals surface area contributed by atoms with Crippen molar-refractivity contribution in [3.63, 3.8) is 0 Å². The predicted octanol–water partition coefficient (Wildman–Crippen LogP) is 2.63. The van der Waals surface area contributed by atoms with Crippen LogP contribution in [-0.4, -0.2) is 43.0 Å². The summed E-state index contributed by atoms with van der Waals surface area (Å²) in [4.78, 5) is 18.3. The fourth-order valence-electron chi connectivity index (χ4n) is 2.39. The van der Waals surface area contributed by atoms with Gasteiger partial charge in [0.05, 0.1) is 18.7 Å². The Kier molecular flexibility index (Phi) is 10.1. The molecule has 138 valence electrons. The standard InChI is InChI=1S/C15H22F2N4O.2ClH/c16-15(17,10-18)11-20-14(22)12-5-6-13(19-9-12)21-7-3-1-2-4-8-21;;/h5-6,9H,1-4,7-8,10-11,18H2,(H,20,22);2*1H. The van der Waals surface area contributed by atoms with Crippen LogP contribution in [0.25, 0.3) is 0 Å². The normalized spacial score (nSPS) is 14.9. The third kappa shape index (κ3) is 6.75. The first-order chi connectivity index (χ1) is 10.5. The molecule has 0 atom stereocenters. The summed E-state index contributed by atoms with van der Waals surface area (Å²) in [5.74, 6) is -2.83. The number of nitrogens with one attached hydrogen (secondary N) is 1. The summed E-state index contributed by atoms with van der Waals surface area (Å²) in [5.41, 5.74) is 5.20. The van der Waals surface area contributed by atoms with E-state index in [0.29, 0.717) is 0 Å². The Labute approximate surface area is 153 Å². The lowest BCUT2D eigenvalue weighted by Crippen LogP contribution is -2.41. The molecule has 0 saturated carbocycles. The lowest BCUT2D eigenvalue weighted by molar-refractivity contribution is 0.0118. The highest BCUT2D eigenvalue weighted by molar-refractivity contribution is 5.94. The van der Waals surface area contributed by atoms with Gasteiger partial charge >= 0.3 is 0 Å². The van der Waals surface area contributed by atoms with Crippen molar-refractivity contribution in [2.75, 3.05) is 31.1 Å². The van der Waals surface area contributed by atoms with Crippen LogP contribution in [0.1, 0.15) is 36.0 Å². The van der Waals surface area contributed by atoms with Crippen LogP contribution in [0.4, 0.5) is 14.6 Å². The highest BCUT2D eigenvalue weighted by atomic mass is 35.5. The van der Waals surface area contributed by atoms with Crippen LogP contribution in [0.5, 0.6) is 0 Å². The van der Waals surface area contributed by atoms with Gasteiger partial charge in [-0.3, -0.25) is 4.79 Å². The van der Waals surface area contributed by atoms with Crippen LogP contribution in [-0.2, 0) is 0 Å². The molecular formula is C15H24Cl2F2N4O. The maximum Gasteiger partial charge on any atom is 0.277 e. The lowest BCUT2D eigenvalue weighted by atomic mass is 10.2. The van der Waals surface area contributed by atoms with Gasteiger partial charge < -0.3 is 16.0 Å². The highest BCUT2D eigenvalue weighted by Crippen LogP contribution is 2.17. The number of amides is 1. The Balaban J connectivity index is 0.00000264. The summed E-state index contributed by atoms with van der Waals surface area (Å²) >= 11 is 0. The average molecular weight is 385 g/mol. The molecule has 24 heavy (non-hydrogen) atoms. The van der Waals surface area contributed by atoms with Crippen molar-refractivity contribution in [3.8, 4) is 0 Å². The number of rotatable bonds is 5. The van der Waals surface area contributed by atoms with Crippen LogP contribution in [0.3, 0.4) is 0 Å². The number of pyridine rings is 1. The summed E-state index contributed by atoms with van der Waals surface area (Å²) in [6.07, 6.45) is 6.16. The van der Waals surface area contributed by atoms with Gasteiger partial charge in [-0.15, -0.1) is 24.8 Å². The van der Waals surface area contributed by atoms with Crippen LogP contribution in [0.2, 0.25) is 0 Å². The first-order valence-corrected chi connectivity index (χ1v) is 7.59. The van der Waals surface area contributed by atoms with Crippen molar-refractivity contribution < 1.29 is 13.6 Å². The Bertz CT molecular complexity index is 495. The fourth-order valence-corrected chi connectivity index (χ4v) is 2.39. The largest absolute Gasteiger partial charge is 0.357 e. The Morgan fingerprint density at radius 3 is 2.33 bits per heavy atom. The van der Waals surface area contributed by atoms with E-state index in [4.69, 9.17) is 5.73 Å². The molecule has 1 fully saturated rings. The van der Waals surface area contributed by atoms with Crippen molar-refractivity contribution in [3.05, 3.63) is 23.9 Å². The summed E-state index contributed by atoms with van der Waals surface area (Å²) in [6.45, 7) is 0.359. The van der Waals surface area contributed by atoms with E-state index in [9.17, 15) is 13.6 Å². The highest BCUT2D eigenvalue weighted by Gasteiger charge is 2.27. The van der Waals surface area contributed by atoms with E-state index in [-0.39, 0.29) is 30.4 Å². The molecule has 0 bridgehead atoms. The van der Waals surface area contributed by atoms with Crippen LogP contribution in [0, 0.1) is 0 Å². The molecule has 0 unspecified atom stereocenters. The summed E-state index contributed by atoms with van der Waals surface area (Å²) < 4.78 is 26.0. The minimum absolute atomic E-state index is 0. The molecule has 5 nitrogen and oxygen atoms in total. The second-order valence-corrected chi connectivity index (χ2v) is 5.55. The molecule has 2 rings (SSSR count). The van der Waals surface area contributed by atoms with E-state index < -0.39 is 24.9 Å². The van der Waals surface area contributed by atoms with E-state index in [1.165, 1.54) is 19.0 Å². The van der Waals surface area contributed by atoms with Gasteiger partial charge in [0.25, 0.3) is 11.8 Å². The van der Waals surface area contributed by atoms with E-state index in [0.717, 1.165) is 31.7 Å². The number of hydrogen-bond donors (Lipinski definition) is 2. The summed E-state index contributed by atoms with van der Waals surface area (Å²) in [7, 11) is 0. The quantitative estimate of drug-likeness (QED) is 0.818. The van der Waals surface area contributed by atoms with Crippen molar-refractivity contribution in [1.82, 2.24) is 10.3 Å². The van der Waals surface area contributed by atoms with Gasteiger partial charge in [-0.25, -0.2) is 13.8 Å². The molecule has 2 heterocycles. The Morgan fingerprint density at radius 1 is 1.21 bits per heavy atom. The maximum absolute atomic E-state index is 13.0. The second-order valence-electron chi connectivity index (χ2n) is 5.55. The minimum Gasteiger partial charge on any atom is -0.357 e. The molecular weight excluding hydrogens is 361 g/mol. The zero-order valence-electron chi connectivity index (χ0n) is 13.3. The van der Waals surface area contributed by atoms with Gasteiger partial charge in [0.15, 0.2) is 0 Å². The summed E-state index contributed by atoms with van der Waals surface area (Å²) in [6, 6.07) is 3.38. The molecule has 1 aromatic rings. The Morgan fingerprint density at radius 2 is 1.83 bits per heavy atom. The molecule has 3 N–H and O–H groups in total. The molecule has 0 spiro atoms. The van der Waals surface area contributed by atoms with Crippen molar-refractivity contribution in [2.24, 2.45) is 5.73 Å². The first kappa shape index (κ1) is 22.8. The maximum atomic E-state index is 13.0. The monoisotopic (exact) mass is 384 g/mol. The van der Waals surface area contributed by atoms with Crippen molar-refractivity contribution >= 4 is 36.5 Å². The van der Waals surface area contributed by atoms with E-state index in [1.807, 2.05) is 0 Å². The third-order valence-corrected chi connectivity index (χ3v) is 3.75. The SMILES string of the molecule is Cl.Cl.NCC(F)(F)CNC(=O)c1ccc(N2CCCCCC2)nc1. The van der Waals surface area contributed by atoms with Crippen LogP contribution in [0.15, 0.2) is 18.3 Å². The molecule has 0 radical (unpaired) electrons. The van der Waals surface area contributed by atoms with Gasteiger partial charge in [0.1, 0.15) is 5.82 Å². The van der Waals surface area contributed by atoms with Gasteiger partial charge in [0, 0.05) is 19.3 Å². The second kappa shape index (κ2) is 10.6. The molecule has 1 aliphatic rings. The van der Waals surface area contributed by atoms with E-state index >= 15 is 0 Å². The van der Waals surface area contributed by atoms with E-state index in [2.05, 4.69) is 15.2 Å². The van der Waals surface area contributed by atoms with Gasteiger partial charge in [-0.05, 0) is 25.0 Å². The molecule has 0 aliphatic carbocycles. The molecule has 9 heteroatoms. The smallest absolute Gasteiger partial charge is 0.277 e. The number of alkyl halides is 2. The zero-order chi connectivity index (χ0) is 16.0. The Hall–Kier alpha value is -1.18. The summed E-state index contributed by atoms with van der Waals surface area (Å²) in [5, 5.41) is 2.18. The minimum atomic E-state index is -3.09. The number of anilines is 1. The van der Waals surface area contributed by atoms with Crippen LogP contribution < -0.4 is 16.0 Å². The number of carbonyl (C=O) groups excluding carboxylic acids is 1. The van der Waals surface area contributed by atoms with Gasteiger partial charge in [-0.1, -0.05) is 12.8 Å². The average Bonchev–Trinajstić information content (AvgIpc) is 2.82. The van der Waals surface area contributed by atoms with Gasteiger partial charge in [0.2, 0.25) is 0 Å². The number of hydrogen-bond acceptors (Lipinski definition) is 4. The van der Waals surface area contributed by atoms with E-state index in [1.54, 1.807) is 12.1 Å². The number of halogens is 4. The molecule has 0 aromatic carbocycles. The first-order valence-electron chi connectivity index (χ1n) is 7.59. The third-order valence-electron chi connectivity index (χ3n) is 3.75. The van der Waals surface area contributed by atoms with Crippen molar-refractivity contribution in [2.45, 2.75) is 31.6 Å². The lowest BCUT2D eigenvalue weighted by Gasteiger charge is -2.21. The topological polar surface area (TPSA) is 71.2 Å².